The van der Waals surface area contributed by atoms with Crippen LogP contribution in [0, 0.1) is 5.92 Å². The normalized spacial score (nSPS) is 25.4. The average Bonchev–Trinajstić information content (AvgIpc) is 2.44. The van der Waals surface area contributed by atoms with Gasteiger partial charge in [0.25, 0.3) is 0 Å². The van der Waals surface area contributed by atoms with E-state index in [1.807, 2.05) is 6.07 Å². The Balaban J connectivity index is 2.24. The highest BCUT2D eigenvalue weighted by Crippen LogP contribution is 2.33. The summed E-state index contributed by atoms with van der Waals surface area (Å²) in [6.45, 7) is 6.42. The van der Waals surface area contributed by atoms with E-state index in [0.717, 1.165) is 22.7 Å². The summed E-state index contributed by atoms with van der Waals surface area (Å²) < 4.78 is 6.30. The number of nitrogens with two attached hydrogens (primary N) is 1. The second-order valence-corrected chi connectivity index (χ2v) is 6.73. The molecule has 0 amide bonds. The van der Waals surface area contributed by atoms with Crippen LogP contribution in [0.3, 0.4) is 0 Å². The topological polar surface area (TPSA) is 38.5 Å². The zero-order chi connectivity index (χ0) is 14.7. The minimum absolute atomic E-state index is 0.287. The fourth-order valence-corrected chi connectivity index (χ4v) is 3.67. The fourth-order valence-electron chi connectivity index (χ4n) is 3.11. The van der Waals surface area contributed by atoms with Crippen molar-refractivity contribution < 1.29 is 4.74 Å². The summed E-state index contributed by atoms with van der Waals surface area (Å²) >= 11 is 3.57. The van der Waals surface area contributed by atoms with E-state index in [4.69, 9.17) is 10.5 Å². The van der Waals surface area contributed by atoms with Gasteiger partial charge in [0, 0.05) is 25.2 Å². The van der Waals surface area contributed by atoms with E-state index in [2.05, 4.69) is 46.8 Å². The molecule has 2 N–H and O–H groups in total. The molecular formula is C16H25BrN2O. The lowest BCUT2D eigenvalue weighted by Gasteiger charge is -2.42. The van der Waals surface area contributed by atoms with Gasteiger partial charge in [0.1, 0.15) is 5.75 Å². The van der Waals surface area contributed by atoms with Crippen molar-refractivity contribution in [1.29, 1.82) is 0 Å². The van der Waals surface area contributed by atoms with Gasteiger partial charge in [-0.05, 0) is 59.3 Å². The molecule has 0 saturated carbocycles. The van der Waals surface area contributed by atoms with E-state index in [9.17, 15) is 0 Å². The summed E-state index contributed by atoms with van der Waals surface area (Å²) in [4.78, 5) is 2.56. The Hall–Kier alpha value is -0.580. The lowest BCUT2D eigenvalue weighted by Crippen LogP contribution is -2.45. The van der Waals surface area contributed by atoms with Crippen LogP contribution in [0.1, 0.15) is 38.3 Å². The number of halogens is 1. The van der Waals surface area contributed by atoms with Gasteiger partial charge in [-0.15, -0.1) is 0 Å². The van der Waals surface area contributed by atoms with Crippen LogP contribution in [-0.2, 0) is 0 Å². The number of nitrogens with zero attached hydrogens (tertiary/aromatic N) is 1. The molecule has 1 fully saturated rings. The molecule has 0 aromatic heterocycles. The quantitative estimate of drug-likeness (QED) is 0.910. The van der Waals surface area contributed by atoms with Gasteiger partial charge >= 0.3 is 0 Å². The third-order valence-electron chi connectivity index (χ3n) is 4.35. The molecule has 3 unspecified atom stereocenters. The van der Waals surface area contributed by atoms with Crippen LogP contribution in [0.2, 0.25) is 0 Å². The van der Waals surface area contributed by atoms with Crippen molar-refractivity contribution in [2.75, 3.05) is 20.2 Å². The van der Waals surface area contributed by atoms with Crippen molar-refractivity contribution in [3.05, 3.63) is 28.2 Å². The van der Waals surface area contributed by atoms with Gasteiger partial charge in [-0.3, -0.25) is 4.90 Å². The first-order chi connectivity index (χ1) is 9.56. The van der Waals surface area contributed by atoms with Crippen molar-refractivity contribution >= 4 is 15.9 Å². The van der Waals surface area contributed by atoms with Crippen LogP contribution in [0.5, 0.6) is 5.75 Å². The molecule has 1 aromatic carbocycles. The summed E-state index contributed by atoms with van der Waals surface area (Å²) in [6.07, 6.45) is 2.58. The molecule has 20 heavy (non-hydrogen) atoms. The van der Waals surface area contributed by atoms with Crippen molar-refractivity contribution in [3.8, 4) is 5.75 Å². The summed E-state index contributed by atoms with van der Waals surface area (Å²) in [5.41, 5.74) is 7.34. The zero-order valence-electron chi connectivity index (χ0n) is 12.6. The first kappa shape index (κ1) is 15.8. The standard InChI is InChI=1S/C16H25BrN2O/c1-11-4-5-12(2)19(10-11)15(9-18)13-6-7-16(20-3)14(17)8-13/h6-8,11-12,15H,4-5,9-10,18H2,1-3H3. The van der Waals surface area contributed by atoms with Crippen molar-refractivity contribution in [1.82, 2.24) is 4.90 Å². The molecule has 4 heteroatoms. The highest BCUT2D eigenvalue weighted by atomic mass is 79.9. The highest BCUT2D eigenvalue weighted by Gasteiger charge is 2.29. The molecule has 1 saturated heterocycles. The van der Waals surface area contributed by atoms with E-state index in [-0.39, 0.29) is 6.04 Å². The van der Waals surface area contributed by atoms with Gasteiger partial charge < -0.3 is 10.5 Å². The summed E-state index contributed by atoms with van der Waals surface area (Å²) in [6, 6.07) is 7.17. The van der Waals surface area contributed by atoms with E-state index in [0.29, 0.717) is 12.6 Å². The van der Waals surface area contributed by atoms with Crippen LogP contribution in [0.15, 0.2) is 22.7 Å². The average molecular weight is 341 g/mol. The second kappa shape index (κ2) is 6.92. The Morgan fingerprint density at radius 1 is 1.40 bits per heavy atom. The molecule has 0 bridgehead atoms. The minimum Gasteiger partial charge on any atom is -0.496 e. The maximum atomic E-state index is 6.08. The van der Waals surface area contributed by atoms with E-state index < -0.39 is 0 Å². The molecule has 1 aliphatic heterocycles. The van der Waals surface area contributed by atoms with Gasteiger partial charge in [-0.1, -0.05) is 13.0 Å². The van der Waals surface area contributed by atoms with Crippen LogP contribution in [0.25, 0.3) is 0 Å². The molecule has 112 valence electrons. The molecular weight excluding hydrogens is 316 g/mol. The molecule has 1 aliphatic rings. The van der Waals surface area contributed by atoms with Crippen LogP contribution in [0.4, 0.5) is 0 Å². The first-order valence-corrected chi connectivity index (χ1v) is 8.15. The van der Waals surface area contributed by atoms with Gasteiger partial charge in [-0.2, -0.15) is 0 Å². The van der Waals surface area contributed by atoms with Crippen LogP contribution < -0.4 is 10.5 Å². The number of ether oxygens (including phenoxy) is 1. The largest absolute Gasteiger partial charge is 0.496 e. The van der Waals surface area contributed by atoms with Crippen molar-refractivity contribution in [2.24, 2.45) is 11.7 Å². The third kappa shape index (κ3) is 3.35. The number of hydrogen-bond acceptors (Lipinski definition) is 3. The number of methoxy groups -OCH3 is 1. The van der Waals surface area contributed by atoms with E-state index >= 15 is 0 Å². The molecule has 2 rings (SSSR count). The maximum Gasteiger partial charge on any atom is 0.133 e. The summed E-state index contributed by atoms with van der Waals surface area (Å²) in [7, 11) is 1.69. The molecule has 0 aliphatic carbocycles. The molecule has 0 spiro atoms. The highest BCUT2D eigenvalue weighted by molar-refractivity contribution is 9.10. The number of benzene rings is 1. The van der Waals surface area contributed by atoms with Gasteiger partial charge in [0.2, 0.25) is 0 Å². The number of hydrogen-bond donors (Lipinski definition) is 1. The summed E-state index contributed by atoms with van der Waals surface area (Å²) in [5.74, 6) is 1.62. The third-order valence-corrected chi connectivity index (χ3v) is 4.97. The monoisotopic (exact) mass is 340 g/mol. The summed E-state index contributed by atoms with van der Waals surface area (Å²) in [5, 5.41) is 0. The van der Waals surface area contributed by atoms with Crippen molar-refractivity contribution in [2.45, 2.75) is 38.8 Å². The Kier molecular flexibility index (Phi) is 5.47. The number of piperidine rings is 1. The lowest BCUT2D eigenvalue weighted by molar-refractivity contribution is 0.0798. The predicted molar refractivity (Wildman–Crippen MR) is 87.1 cm³/mol. The maximum absolute atomic E-state index is 6.08. The van der Waals surface area contributed by atoms with Crippen molar-refractivity contribution in [3.63, 3.8) is 0 Å². The fraction of sp³-hybridized carbons (Fsp3) is 0.625. The van der Waals surface area contributed by atoms with Crippen LogP contribution in [-0.4, -0.2) is 31.1 Å². The minimum atomic E-state index is 0.287. The van der Waals surface area contributed by atoms with E-state index in [1.54, 1.807) is 7.11 Å². The predicted octanol–water partition coefficient (Wildman–Crippen LogP) is 3.58. The Morgan fingerprint density at radius 2 is 2.15 bits per heavy atom. The Labute approximate surface area is 130 Å². The van der Waals surface area contributed by atoms with Gasteiger partial charge in [-0.25, -0.2) is 0 Å². The van der Waals surface area contributed by atoms with Gasteiger partial charge in [0.15, 0.2) is 0 Å². The molecule has 3 nitrogen and oxygen atoms in total. The SMILES string of the molecule is COc1ccc(C(CN)N2CC(C)CCC2C)cc1Br. The molecule has 1 aromatic rings. The Morgan fingerprint density at radius 3 is 2.75 bits per heavy atom. The molecule has 0 radical (unpaired) electrons. The second-order valence-electron chi connectivity index (χ2n) is 5.87. The van der Waals surface area contributed by atoms with Gasteiger partial charge in [0.05, 0.1) is 11.6 Å². The van der Waals surface area contributed by atoms with Crippen LogP contribution >= 0.6 is 15.9 Å². The Bertz CT molecular complexity index is 452. The number of likely N-dealkylation sites (tertiary alicyclic amines) is 1. The number of rotatable bonds is 4. The molecule has 1 heterocycles. The zero-order valence-corrected chi connectivity index (χ0v) is 14.2. The first-order valence-electron chi connectivity index (χ1n) is 7.36. The molecule has 3 atom stereocenters. The smallest absolute Gasteiger partial charge is 0.133 e. The van der Waals surface area contributed by atoms with E-state index in [1.165, 1.54) is 18.4 Å². The lowest BCUT2D eigenvalue weighted by atomic mass is 9.91.